The normalized spacial score (nSPS) is 14.0. The van der Waals surface area contributed by atoms with Crippen molar-refractivity contribution < 1.29 is 14.3 Å². The summed E-state index contributed by atoms with van der Waals surface area (Å²) in [7, 11) is 0. The van der Waals surface area contributed by atoms with Crippen LogP contribution in [0.15, 0.2) is 34.7 Å². The van der Waals surface area contributed by atoms with Crippen LogP contribution in [0.3, 0.4) is 0 Å². The molecule has 7 heteroatoms. The van der Waals surface area contributed by atoms with Gasteiger partial charge in [0.05, 0.1) is 12.1 Å². The van der Waals surface area contributed by atoms with Crippen LogP contribution < -0.4 is 10.5 Å². The van der Waals surface area contributed by atoms with Crippen LogP contribution in [0, 0.1) is 0 Å². The topological polar surface area (TPSA) is 99.3 Å². The molecule has 0 atom stereocenters. The van der Waals surface area contributed by atoms with Crippen molar-refractivity contribution in [2.75, 3.05) is 12.3 Å². The van der Waals surface area contributed by atoms with Crippen LogP contribution in [-0.2, 0) is 6.54 Å². The molecule has 2 aromatic carbocycles. The van der Waals surface area contributed by atoms with Crippen molar-refractivity contribution in [3.63, 3.8) is 0 Å². The third-order valence-corrected chi connectivity index (χ3v) is 4.24. The first kappa shape index (κ1) is 13.2. The molecule has 4 aromatic rings. The maximum atomic E-state index is 9.91. The standard InChI is InChI=1S/C17H14N4O3/c18-17-20-11-6-9(2-3-13(11)24-17)16-19-12-7-10(22)8-14-15(12)21(16)4-1-5-23-14/h2-3,6-8,22H,1,4-5H2,(H2,18,20). The molecule has 0 bridgehead atoms. The molecule has 7 nitrogen and oxygen atoms in total. The summed E-state index contributed by atoms with van der Waals surface area (Å²) in [6, 6.07) is 9.12. The number of phenolic OH excluding ortho intramolecular Hbond substituents is 1. The zero-order valence-electron chi connectivity index (χ0n) is 12.7. The summed E-state index contributed by atoms with van der Waals surface area (Å²) in [4.78, 5) is 8.89. The number of ether oxygens (including phenoxy) is 1. The molecule has 0 amide bonds. The van der Waals surface area contributed by atoms with Gasteiger partial charge in [-0.2, -0.15) is 4.98 Å². The molecule has 120 valence electrons. The van der Waals surface area contributed by atoms with Gasteiger partial charge in [-0.05, 0) is 24.6 Å². The Kier molecular flexibility index (Phi) is 2.56. The van der Waals surface area contributed by atoms with Gasteiger partial charge in [0, 0.05) is 24.2 Å². The number of nitrogen functional groups attached to an aromatic ring is 1. The number of aromatic nitrogens is 3. The van der Waals surface area contributed by atoms with E-state index in [0.717, 1.165) is 29.9 Å². The van der Waals surface area contributed by atoms with Crippen LogP contribution in [0.1, 0.15) is 6.42 Å². The monoisotopic (exact) mass is 322 g/mol. The lowest BCUT2D eigenvalue weighted by atomic mass is 10.2. The van der Waals surface area contributed by atoms with E-state index in [1.165, 1.54) is 0 Å². The van der Waals surface area contributed by atoms with Gasteiger partial charge in [-0.3, -0.25) is 0 Å². The molecule has 0 saturated carbocycles. The van der Waals surface area contributed by atoms with Crippen molar-refractivity contribution in [1.82, 2.24) is 14.5 Å². The molecule has 3 heterocycles. The minimum atomic E-state index is 0.147. The molecule has 0 aliphatic carbocycles. The van der Waals surface area contributed by atoms with Gasteiger partial charge in [0.1, 0.15) is 28.4 Å². The lowest BCUT2D eigenvalue weighted by molar-refractivity contribution is 0.314. The first-order valence-corrected chi connectivity index (χ1v) is 7.71. The molecule has 3 N–H and O–H groups in total. The van der Waals surface area contributed by atoms with Gasteiger partial charge in [0.15, 0.2) is 5.58 Å². The summed E-state index contributed by atoms with van der Waals surface area (Å²) in [5.41, 5.74) is 9.48. The number of hydrogen-bond acceptors (Lipinski definition) is 6. The van der Waals surface area contributed by atoms with Gasteiger partial charge < -0.3 is 24.6 Å². The zero-order chi connectivity index (χ0) is 16.3. The molecule has 0 fully saturated rings. The van der Waals surface area contributed by atoms with E-state index >= 15 is 0 Å². The molecule has 1 aliphatic rings. The minimum absolute atomic E-state index is 0.147. The fraction of sp³-hybridized carbons (Fsp3) is 0.176. The molecule has 0 radical (unpaired) electrons. The highest BCUT2D eigenvalue weighted by Gasteiger charge is 2.20. The lowest BCUT2D eigenvalue weighted by Crippen LogP contribution is -2.01. The Morgan fingerprint density at radius 3 is 2.96 bits per heavy atom. The van der Waals surface area contributed by atoms with E-state index in [9.17, 15) is 5.11 Å². The minimum Gasteiger partial charge on any atom is -0.508 e. The maximum absolute atomic E-state index is 9.91. The van der Waals surface area contributed by atoms with Gasteiger partial charge >= 0.3 is 0 Å². The number of nitrogens with two attached hydrogens (primary N) is 1. The number of nitrogens with zero attached hydrogens (tertiary/aromatic N) is 3. The van der Waals surface area contributed by atoms with Gasteiger partial charge in [0.2, 0.25) is 0 Å². The van der Waals surface area contributed by atoms with E-state index < -0.39 is 0 Å². The highest BCUT2D eigenvalue weighted by molar-refractivity contribution is 5.89. The van der Waals surface area contributed by atoms with Crippen LogP contribution in [0.25, 0.3) is 33.5 Å². The molecular weight excluding hydrogens is 308 g/mol. The largest absolute Gasteiger partial charge is 0.508 e. The number of fused-ring (bicyclic) bond motifs is 1. The number of phenols is 1. The molecule has 1 aliphatic heterocycles. The van der Waals surface area contributed by atoms with Gasteiger partial charge in [-0.1, -0.05) is 0 Å². The average Bonchev–Trinajstić information content (AvgIpc) is 3.02. The third kappa shape index (κ3) is 1.84. The second kappa shape index (κ2) is 4.64. The van der Waals surface area contributed by atoms with E-state index in [0.29, 0.717) is 29.0 Å². The molecule has 0 unspecified atom stereocenters. The number of imidazole rings is 1. The zero-order valence-corrected chi connectivity index (χ0v) is 12.7. The average molecular weight is 322 g/mol. The highest BCUT2D eigenvalue weighted by atomic mass is 16.5. The smallest absolute Gasteiger partial charge is 0.292 e. The number of oxazole rings is 1. The van der Waals surface area contributed by atoms with Crippen molar-refractivity contribution in [2.24, 2.45) is 0 Å². The van der Waals surface area contributed by atoms with Gasteiger partial charge in [-0.15, -0.1) is 0 Å². The summed E-state index contributed by atoms with van der Waals surface area (Å²) >= 11 is 0. The second-order valence-electron chi connectivity index (χ2n) is 5.84. The molecular formula is C17H14N4O3. The van der Waals surface area contributed by atoms with E-state index in [4.69, 9.17) is 19.9 Å². The summed E-state index contributed by atoms with van der Waals surface area (Å²) in [6.07, 6.45) is 0.868. The lowest BCUT2D eigenvalue weighted by Gasteiger charge is -2.06. The van der Waals surface area contributed by atoms with E-state index in [1.807, 2.05) is 18.2 Å². The molecule has 5 rings (SSSR count). The second-order valence-corrected chi connectivity index (χ2v) is 5.84. The molecule has 2 aromatic heterocycles. The van der Waals surface area contributed by atoms with E-state index in [-0.39, 0.29) is 11.8 Å². The summed E-state index contributed by atoms with van der Waals surface area (Å²) < 4.78 is 13.2. The number of aromatic hydroxyl groups is 1. The van der Waals surface area contributed by atoms with Crippen LogP contribution in [0.4, 0.5) is 6.01 Å². The third-order valence-electron chi connectivity index (χ3n) is 4.24. The first-order chi connectivity index (χ1) is 11.7. The maximum Gasteiger partial charge on any atom is 0.292 e. The molecule has 0 saturated heterocycles. The van der Waals surface area contributed by atoms with Gasteiger partial charge in [-0.25, -0.2) is 4.98 Å². The molecule has 0 spiro atoms. The number of benzene rings is 2. The van der Waals surface area contributed by atoms with E-state index in [1.54, 1.807) is 12.1 Å². The van der Waals surface area contributed by atoms with E-state index in [2.05, 4.69) is 9.55 Å². The van der Waals surface area contributed by atoms with Crippen molar-refractivity contribution in [3.8, 4) is 22.9 Å². The first-order valence-electron chi connectivity index (χ1n) is 7.71. The Balaban J connectivity index is 1.79. The number of hydrogen-bond donors (Lipinski definition) is 2. The van der Waals surface area contributed by atoms with Crippen molar-refractivity contribution in [1.29, 1.82) is 0 Å². The van der Waals surface area contributed by atoms with Crippen molar-refractivity contribution in [2.45, 2.75) is 13.0 Å². The predicted molar refractivity (Wildman–Crippen MR) is 88.9 cm³/mol. The Labute approximate surface area is 136 Å². The summed E-state index contributed by atoms with van der Waals surface area (Å²) in [5, 5.41) is 9.91. The Hall–Kier alpha value is -3.22. The van der Waals surface area contributed by atoms with Crippen molar-refractivity contribution >= 4 is 28.1 Å². The summed E-state index contributed by atoms with van der Waals surface area (Å²) in [6.45, 7) is 1.40. The number of aryl methyl sites for hydroxylation is 1. The quantitative estimate of drug-likeness (QED) is 0.559. The Morgan fingerprint density at radius 1 is 1.12 bits per heavy atom. The number of rotatable bonds is 1. The number of anilines is 1. The molecule has 24 heavy (non-hydrogen) atoms. The van der Waals surface area contributed by atoms with Crippen LogP contribution >= 0.6 is 0 Å². The fourth-order valence-electron chi connectivity index (χ4n) is 3.25. The van der Waals surface area contributed by atoms with Crippen molar-refractivity contribution in [3.05, 3.63) is 30.3 Å². The Bertz CT molecular complexity index is 1100. The van der Waals surface area contributed by atoms with Crippen LogP contribution in [0.2, 0.25) is 0 Å². The van der Waals surface area contributed by atoms with Gasteiger partial charge in [0.25, 0.3) is 6.01 Å². The SMILES string of the molecule is Nc1nc2cc(-c3nc4cc(O)cc5c4n3CCCO5)ccc2o1. The fourth-order valence-corrected chi connectivity index (χ4v) is 3.25. The van der Waals surface area contributed by atoms with Crippen LogP contribution in [-0.4, -0.2) is 26.2 Å². The predicted octanol–water partition coefficient (Wildman–Crippen LogP) is 2.91. The Morgan fingerprint density at radius 2 is 2.04 bits per heavy atom. The van der Waals surface area contributed by atoms with Crippen LogP contribution in [0.5, 0.6) is 11.5 Å². The summed E-state index contributed by atoms with van der Waals surface area (Å²) in [5.74, 6) is 1.62. The highest BCUT2D eigenvalue weighted by Crippen LogP contribution is 2.36.